The van der Waals surface area contributed by atoms with Gasteiger partial charge in [-0.1, -0.05) is 48.5 Å². The predicted molar refractivity (Wildman–Crippen MR) is 146 cm³/mol. The summed E-state index contributed by atoms with van der Waals surface area (Å²) in [6.45, 7) is 1.26. The van der Waals surface area contributed by atoms with Crippen LogP contribution in [0.25, 0.3) is 17.5 Å². The topological polar surface area (TPSA) is 62.4 Å². The molecule has 2 aromatic carbocycles. The summed E-state index contributed by atoms with van der Waals surface area (Å²) in [4.78, 5) is 11.6. The minimum absolute atomic E-state index is 0.511. The van der Waals surface area contributed by atoms with Crippen LogP contribution in [0.5, 0.6) is 11.5 Å². The largest absolute Gasteiger partial charge is 0.494 e. The van der Waals surface area contributed by atoms with Gasteiger partial charge in [0.25, 0.3) is 0 Å². The molecule has 0 saturated carbocycles. The summed E-state index contributed by atoms with van der Waals surface area (Å²) in [5.74, 6) is 1.75. The zero-order valence-electron chi connectivity index (χ0n) is 20.3. The zero-order valence-corrected chi connectivity index (χ0v) is 20.3. The number of nitrogens with one attached hydrogen (secondary N) is 2. The number of H-pyrrole nitrogens is 2. The maximum Gasteiger partial charge on any atom is 0.145 e. The Morgan fingerprint density at radius 2 is 1.61 bits per heavy atom. The molecule has 182 valence electrons. The number of hydrogen-bond acceptors (Lipinski definition) is 3. The molecule has 0 bridgehead atoms. The molecule has 0 saturated heterocycles. The molecule has 0 unspecified atom stereocenters. The van der Waals surface area contributed by atoms with Gasteiger partial charge in [-0.3, -0.25) is 4.99 Å². The molecule has 0 aliphatic carbocycles. The number of allylic oxidation sites excluding steroid dienone is 2. The molecule has 0 fully saturated rings. The Labute approximate surface area is 212 Å². The number of para-hydroxylation sites is 1. The van der Waals surface area contributed by atoms with E-state index in [1.54, 1.807) is 0 Å². The van der Waals surface area contributed by atoms with Crippen LogP contribution in [0.4, 0.5) is 0 Å². The molecule has 5 heteroatoms. The number of aromatic nitrogens is 2. The minimum atomic E-state index is 0.511. The van der Waals surface area contributed by atoms with E-state index >= 15 is 0 Å². The molecule has 0 radical (unpaired) electrons. The summed E-state index contributed by atoms with van der Waals surface area (Å²) in [7, 11) is 0. The standard InChI is InChI=1S/C31H31N3O2/c1-4-11-24(12-5-1)23-36-31-22-29(28-16-10-19-32-28)34-30(31)21-26-18-17-25(33-26)13-6-3-9-20-35-27-14-7-2-8-15-27/h1-2,4-5,7-8,10-12,14-19,21-22,32,34H,3,6,9,13,20,23H2/b26-21+. The third-order valence-electron chi connectivity index (χ3n) is 6.04. The fourth-order valence-electron chi connectivity index (χ4n) is 4.14. The first-order valence-corrected chi connectivity index (χ1v) is 12.5. The van der Waals surface area contributed by atoms with Crippen molar-refractivity contribution >= 4 is 11.8 Å². The molecule has 1 aliphatic rings. The second-order valence-electron chi connectivity index (χ2n) is 8.80. The highest BCUT2D eigenvalue weighted by molar-refractivity contribution is 5.99. The lowest BCUT2D eigenvalue weighted by molar-refractivity contribution is 0.305. The summed E-state index contributed by atoms with van der Waals surface area (Å²) in [6, 6.07) is 26.3. The van der Waals surface area contributed by atoms with E-state index in [1.807, 2.05) is 72.9 Å². The number of aliphatic imine (C=N–C) groups is 1. The second-order valence-corrected chi connectivity index (χ2v) is 8.80. The lowest BCUT2D eigenvalue weighted by Crippen LogP contribution is -1.98. The van der Waals surface area contributed by atoms with Crippen LogP contribution in [0.1, 0.15) is 36.9 Å². The van der Waals surface area contributed by atoms with Crippen molar-refractivity contribution in [2.75, 3.05) is 6.61 Å². The number of hydrogen-bond donors (Lipinski definition) is 2. The number of rotatable bonds is 12. The minimum Gasteiger partial charge on any atom is -0.494 e. The van der Waals surface area contributed by atoms with Crippen LogP contribution in [0, 0.1) is 0 Å². The van der Waals surface area contributed by atoms with Crippen molar-refractivity contribution in [2.24, 2.45) is 4.99 Å². The quantitative estimate of drug-likeness (QED) is 0.207. The summed E-state index contributed by atoms with van der Waals surface area (Å²) in [5, 5.41) is 0. The van der Waals surface area contributed by atoms with Crippen LogP contribution < -0.4 is 9.47 Å². The maximum absolute atomic E-state index is 6.20. The first-order chi connectivity index (χ1) is 17.8. The van der Waals surface area contributed by atoms with E-state index in [1.165, 1.54) is 0 Å². The van der Waals surface area contributed by atoms with Crippen molar-refractivity contribution in [3.63, 3.8) is 0 Å². The monoisotopic (exact) mass is 477 g/mol. The SMILES string of the molecule is C1=C/C(=C\c2[nH]c(-c3ccc[nH]3)cc2OCc2ccccc2)N=C1CCCCCOc1ccccc1. The molecule has 0 amide bonds. The highest BCUT2D eigenvalue weighted by Gasteiger charge is 2.12. The van der Waals surface area contributed by atoms with Crippen molar-refractivity contribution < 1.29 is 9.47 Å². The van der Waals surface area contributed by atoms with E-state index in [0.29, 0.717) is 6.61 Å². The highest BCUT2D eigenvalue weighted by atomic mass is 16.5. The number of benzene rings is 2. The van der Waals surface area contributed by atoms with Gasteiger partial charge in [0.2, 0.25) is 0 Å². The Balaban J connectivity index is 1.18. The van der Waals surface area contributed by atoms with Crippen molar-refractivity contribution in [2.45, 2.75) is 32.3 Å². The average molecular weight is 478 g/mol. The van der Waals surface area contributed by atoms with Gasteiger partial charge >= 0.3 is 0 Å². The molecule has 1 aliphatic heterocycles. The third-order valence-corrected chi connectivity index (χ3v) is 6.04. The predicted octanol–water partition coefficient (Wildman–Crippen LogP) is 7.58. The van der Waals surface area contributed by atoms with E-state index in [4.69, 9.17) is 14.5 Å². The van der Waals surface area contributed by atoms with Crippen molar-refractivity contribution in [1.82, 2.24) is 9.97 Å². The maximum atomic E-state index is 6.20. The molecule has 2 N–H and O–H groups in total. The van der Waals surface area contributed by atoms with Crippen LogP contribution in [0.2, 0.25) is 0 Å². The van der Waals surface area contributed by atoms with Crippen molar-refractivity contribution in [1.29, 1.82) is 0 Å². The second kappa shape index (κ2) is 11.9. The molecule has 0 spiro atoms. The Bertz CT molecular complexity index is 1320. The van der Waals surface area contributed by atoms with Crippen molar-refractivity contribution in [3.8, 4) is 22.9 Å². The molecule has 0 atom stereocenters. The van der Waals surface area contributed by atoms with E-state index in [0.717, 1.165) is 77.8 Å². The smallest absolute Gasteiger partial charge is 0.145 e. The third kappa shape index (κ3) is 6.45. The lowest BCUT2D eigenvalue weighted by Gasteiger charge is -2.06. The molecule has 2 aromatic heterocycles. The lowest BCUT2D eigenvalue weighted by atomic mass is 10.1. The highest BCUT2D eigenvalue weighted by Crippen LogP contribution is 2.30. The fourth-order valence-corrected chi connectivity index (χ4v) is 4.14. The van der Waals surface area contributed by atoms with Gasteiger partial charge in [-0.05, 0) is 73.7 Å². The zero-order chi connectivity index (χ0) is 24.4. The molecular formula is C31H31N3O2. The van der Waals surface area contributed by atoms with Gasteiger partial charge in [-0.2, -0.15) is 0 Å². The Morgan fingerprint density at radius 1 is 0.778 bits per heavy atom. The van der Waals surface area contributed by atoms with Gasteiger partial charge in [-0.15, -0.1) is 0 Å². The molecule has 5 nitrogen and oxygen atoms in total. The van der Waals surface area contributed by atoms with E-state index < -0.39 is 0 Å². The van der Waals surface area contributed by atoms with Crippen LogP contribution in [0.3, 0.4) is 0 Å². The summed E-state index contributed by atoms with van der Waals surface area (Å²) < 4.78 is 12.0. The normalized spacial score (nSPS) is 13.8. The summed E-state index contributed by atoms with van der Waals surface area (Å²) in [5.41, 5.74) is 6.10. The Hall–Kier alpha value is -4.25. The molecule has 36 heavy (non-hydrogen) atoms. The first-order valence-electron chi connectivity index (χ1n) is 12.5. The van der Waals surface area contributed by atoms with E-state index in [9.17, 15) is 0 Å². The molecule has 5 rings (SSSR count). The van der Waals surface area contributed by atoms with Gasteiger partial charge in [0, 0.05) is 18.0 Å². The van der Waals surface area contributed by atoms with Crippen molar-refractivity contribution in [3.05, 3.63) is 114 Å². The Kier molecular flexibility index (Phi) is 7.79. The molecule has 3 heterocycles. The average Bonchev–Trinajstić information content (AvgIpc) is 3.68. The van der Waals surface area contributed by atoms with Gasteiger partial charge in [-0.25, -0.2) is 0 Å². The number of unbranched alkanes of at least 4 members (excludes halogenated alkanes) is 2. The van der Waals surface area contributed by atoms with E-state index in [-0.39, 0.29) is 0 Å². The van der Waals surface area contributed by atoms with Crippen LogP contribution in [0.15, 0.2) is 108 Å². The molecule has 4 aromatic rings. The Morgan fingerprint density at radius 3 is 2.42 bits per heavy atom. The van der Waals surface area contributed by atoms with E-state index in [2.05, 4.69) is 40.3 Å². The summed E-state index contributed by atoms with van der Waals surface area (Å²) in [6.07, 6.45) is 12.4. The fraction of sp³-hybridized carbons (Fsp3) is 0.194. The number of nitrogens with zero attached hydrogens (tertiary/aromatic N) is 1. The van der Waals surface area contributed by atoms with Gasteiger partial charge < -0.3 is 19.4 Å². The summed E-state index contributed by atoms with van der Waals surface area (Å²) >= 11 is 0. The molecular weight excluding hydrogens is 446 g/mol. The first kappa shape index (κ1) is 23.5. The number of ether oxygens (including phenoxy) is 2. The van der Waals surface area contributed by atoms with Crippen LogP contribution in [-0.2, 0) is 6.61 Å². The van der Waals surface area contributed by atoms with Crippen LogP contribution >= 0.6 is 0 Å². The van der Waals surface area contributed by atoms with Gasteiger partial charge in [0.05, 0.1) is 29.4 Å². The number of aromatic amines is 2. The van der Waals surface area contributed by atoms with Crippen LogP contribution in [-0.4, -0.2) is 22.3 Å². The van der Waals surface area contributed by atoms with Gasteiger partial charge in [0.1, 0.15) is 18.1 Å². The van der Waals surface area contributed by atoms with Gasteiger partial charge in [0.15, 0.2) is 0 Å².